The van der Waals surface area contributed by atoms with Gasteiger partial charge in [-0.1, -0.05) is 6.92 Å². The van der Waals surface area contributed by atoms with Crippen molar-refractivity contribution < 1.29 is 14.7 Å². The number of piperazine rings is 1. The Labute approximate surface area is 115 Å². The minimum atomic E-state index is -0.871. The zero-order valence-corrected chi connectivity index (χ0v) is 12.3. The Bertz CT molecular complexity index is 325. The number of amides is 2. The third kappa shape index (κ3) is 4.38. The number of urea groups is 1. The van der Waals surface area contributed by atoms with Crippen molar-refractivity contribution in [1.82, 2.24) is 14.7 Å². The Hall–Kier alpha value is -1.30. The molecule has 1 rings (SSSR count). The standard InChI is InChI=1S/C13H25N3O3/c1-10(2)15-5-7-16(8-6-15)13(19)14(4)9-11(3)12(17)18/h10-11H,5-9H2,1-4H3,(H,17,18). The zero-order chi connectivity index (χ0) is 14.6. The Morgan fingerprint density at radius 2 is 1.68 bits per heavy atom. The van der Waals surface area contributed by atoms with Crippen molar-refractivity contribution in [3.8, 4) is 0 Å². The maximum Gasteiger partial charge on any atom is 0.319 e. The molecule has 1 atom stereocenters. The van der Waals surface area contributed by atoms with E-state index < -0.39 is 11.9 Å². The highest BCUT2D eigenvalue weighted by Crippen LogP contribution is 2.09. The maximum atomic E-state index is 12.2. The van der Waals surface area contributed by atoms with Gasteiger partial charge in [0.25, 0.3) is 0 Å². The summed E-state index contributed by atoms with van der Waals surface area (Å²) in [6.07, 6.45) is 0. The van der Waals surface area contributed by atoms with Crippen LogP contribution in [0.1, 0.15) is 20.8 Å². The Morgan fingerprint density at radius 1 is 1.16 bits per heavy atom. The van der Waals surface area contributed by atoms with Crippen molar-refractivity contribution in [2.75, 3.05) is 39.8 Å². The van der Waals surface area contributed by atoms with E-state index in [0.717, 1.165) is 13.1 Å². The van der Waals surface area contributed by atoms with Crippen LogP contribution in [-0.4, -0.2) is 77.6 Å². The van der Waals surface area contributed by atoms with E-state index in [1.807, 2.05) is 0 Å². The first-order valence-electron chi connectivity index (χ1n) is 6.79. The van der Waals surface area contributed by atoms with Crippen molar-refractivity contribution >= 4 is 12.0 Å². The summed E-state index contributed by atoms with van der Waals surface area (Å²) in [5.74, 6) is -1.41. The second-order valence-corrected chi connectivity index (χ2v) is 5.52. The average molecular weight is 271 g/mol. The number of carboxylic acids is 1. The number of aliphatic carboxylic acids is 1. The van der Waals surface area contributed by atoms with Gasteiger partial charge in [-0.2, -0.15) is 0 Å². The van der Waals surface area contributed by atoms with Crippen LogP contribution in [0.2, 0.25) is 0 Å². The molecule has 6 nitrogen and oxygen atoms in total. The van der Waals surface area contributed by atoms with E-state index in [4.69, 9.17) is 5.11 Å². The van der Waals surface area contributed by atoms with Gasteiger partial charge in [0.2, 0.25) is 0 Å². The zero-order valence-electron chi connectivity index (χ0n) is 12.3. The van der Waals surface area contributed by atoms with Crippen LogP contribution in [0.3, 0.4) is 0 Å². The number of carboxylic acid groups (broad SMARTS) is 1. The lowest BCUT2D eigenvalue weighted by Crippen LogP contribution is -2.54. The summed E-state index contributed by atoms with van der Waals surface area (Å²) in [5, 5.41) is 8.86. The van der Waals surface area contributed by atoms with Crippen LogP contribution in [0.4, 0.5) is 4.79 Å². The third-order valence-electron chi connectivity index (χ3n) is 3.61. The first-order valence-corrected chi connectivity index (χ1v) is 6.79. The normalized spacial score (nSPS) is 18.5. The molecule has 0 saturated carbocycles. The van der Waals surface area contributed by atoms with E-state index >= 15 is 0 Å². The molecule has 2 amide bonds. The highest BCUT2D eigenvalue weighted by molar-refractivity contribution is 5.76. The fraction of sp³-hybridized carbons (Fsp3) is 0.846. The van der Waals surface area contributed by atoms with Gasteiger partial charge in [0.15, 0.2) is 0 Å². The first kappa shape index (κ1) is 15.8. The fourth-order valence-electron chi connectivity index (χ4n) is 2.24. The minimum Gasteiger partial charge on any atom is -0.481 e. The predicted octanol–water partition coefficient (Wildman–Crippen LogP) is 0.785. The molecule has 1 heterocycles. The van der Waals surface area contributed by atoms with Gasteiger partial charge >= 0.3 is 12.0 Å². The minimum absolute atomic E-state index is 0.0727. The molecule has 1 saturated heterocycles. The topological polar surface area (TPSA) is 64.1 Å². The molecule has 19 heavy (non-hydrogen) atoms. The molecule has 0 spiro atoms. The van der Waals surface area contributed by atoms with Gasteiger partial charge in [-0.3, -0.25) is 9.69 Å². The second-order valence-electron chi connectivity index (χ2n) is 5.52. The van der Waals surface area contributed by atoms with Gasteiger partial charge in [-0.15, -0.1) is 0 Å². The molecule has 110 valence electrons. The van der Waals surface area contributed by atoms with Gasteiger partial charge in [0.05, 0.1) is 5.92 Å². The summed E-state index contributed by atoms with van der Waals surface area (Å²) in [4.78, 5) is 28.6. The van der Waals surface area contributed by atoms with Crippen LogP contribution in [-0.2, 0) is 4.79 Å². The summed E-state index contributed by atoms with van der Waals surface area (Å²) < 4.78 is 0. The van der Waals surface area contributed by atoms with Crippen molar-refractivity contribution in [3.05, 3.63) is 0 Å². The predicted molar refractivity (Wildman–Crippen MR) is 73.1 cm³/mol. The number of nitrogens with zero attached hydrogens (tertiary/aromatic N) is 3. The summed E-state index contributed by atoms with van der Waals surface area (Å²) in [6.45, 7) is 9.35. The maximum absolute atomic E-state index is 12.2. The highest BCUT2D eigenvalue weighted by Gasteiger charge is 2.26. The smallest absolute Gasteiger partial charge is 0.319 e. The number of hydrogen-bond donors (Lipinski definition) is 1. The van der Waals surface area contributed by atoms with Crippen molar-refractivity contribution in [1.29, 1.82) is 0 Å². The fourth-order valence-corrected chi connectivity index (χ4v) is 2.24. The first-order chi connectivity index (χ1) is 8.82. The van der Waals surface area contributed by atoms with Gasteiger partial charge in [-0.25, -0.2) is 4.79 Å². The van der Waals surface area contributed by atoms with Crippen molar-refractivity contribution in [3.63, 3.8) is 0 Å². The van der Waals surface area contributed by atoms with Crippen LogP contribution in [0.5, 0.6) is 0 Å². The van der Waals surface area contributed by atoms with Crippen LogP contribution in [0.15, 0.2) is 0 Å². The molecule has 6 heteroatoms. The molecule has 0 bridgehead atoms. The molecule has 0 radical (unpaired) electrons. The molecule has 1 N–H and O–H groups in total. The number of carbonyl (C=O) groups excluding carboxylic acids is 1. The monoisotopic (exact) mass is 271 g/mol. The van der Waals surface area contributed by atoms with Crippen LogP contribution in [0.25, 0.3) is 0 Å². The largest absolute Gasteiger partial charge is 0.481 e. The lowest BCUT2D eigenvalue weighted by molar-refractivity contribution is -0.141. The Morgan fingerprint density at radius 3 is 2.11 bits per heavy atom. The van der Waals surface area contributed by atoms with Crippen LogP contribution < -0.4 is 0 Å². The van der Waals surface area contributed by atoms with Gasteiger partial charge in [-0.05, 0) is 13.8 Å². The van der Waals surface area contributed by atoms with E-state index in [1.54, 1.807) is 18.9 Å². The Kier molecular flexibility index (Phi) is 5.60. The molecule has 0 aromatic rings. The summed E-state index contributed by atoms with van der Waals surface area (Å²) >= 11 is 0. The van der Waals surface area contributed by atoms with E-state index in [-0.39, 0.29) is 12.6 Å². The lowest BCUT2D eigenvalue weighted by atomic mass is 10.2. The average Bonchev–Trinajstić information content (AvgIpc) is 2.37. The van der Waals surface area contributed by atoms with Gasteiger partial charge in [0.1, 0.15) is 0 Å². The number of carbonyl (C=O) groups is 2. The molecular weight excluding hydrogens is 246 g/mol. The third-order valence-corrected chi connectivity index (χ3v) is 3.61. The SMILES string of the molecule is CC(CN(C)C(=O)N1CCN(C(C)C)CC1)C(=O)O. The van der Waals surface area contributed by atoms with Crippen LogP contribution >= 0.6 is 0 Å². The van der Waals surface area contributed by atoms with Gasteiger partial charge < -0.3 is 14.9 Å². The van der Waals surface area contributed by atoms with E-state index in [0.29, 0.717) is 19.1 Å². The Balaban J connectivity index is 2.44. The molecular formula is C13H25N3O3. The summed E-state index contributed by atoms with van der Waals surface area (Å²) in [5.41, 5.74) is 0. The summed E-state index contributed by atoms with van der Waals surface area (Å²) in [7, 11) is 1.66. The molecule has 0 aliphatic carbocycles. The number of hydrogen-bond acceptors (Lipinski definition) is 3. The second kappa shape index (κ2) is 6.75. The van der Waals surface area contributed by atoms with E-state index in [9.17, 15) is 9.59 Å². The van der Waals surface area contributed by atoms with E-state index in [2.05, 4.69) is 18.7 Å². The highest BCUT2D eigenvalue weighted by atomic mass is 16.4. The summed E-state index contributed by atoms with van der Waals surface area (Å²) in [6, 6.07) is 0.429. The molecule has 1 fully saturated rings. The molecule has 1 unspecified atom stereocenters. The van der Waals surface area contributed by atoms with Crippen LogP contribution in [0, 0.1) is 5.92 Å². The van der Waals surface area contributed by atoms with Crippen molar-refractivity contribution in [2.24, 2.45) is 5.92 Å². The molecule has 1 aliphatic heterocycles. The van der Waals surface area contributed by atoms with Crippen molar-refractivity contribution in [2.45, 2.75) is 26.8 Å². The van der Waals surface area contributed by atoms with Gasteiger partial charge in [0, 0.05) is 45.8 Å². The molecule has 0 aromatic heterocycles. The quantitative estimate of drug-likeness (QED) is 0.821. The lowest BCUT2D eigenvalue weighted by Gasteiger charge is -2.38. The van der Waals surface area contributed by atoms with E-state index in [1.165, 1.54) is 4.90 Å². The molecule has 1 aliphatic rings. The number of rotatable bonds is 4. The molecule has 0 aromatic carbocycles.